The van der Waals surface area contributed by atoms with Gasteiger partial charge >= 0.3 is 6.09 Å². The highest BCUT2D eigenvalue weighted by atomic mass is 32.1. The number of carbonyl (C=O) groups is 1. The molecule has 20 heavy (non-hydrogen) atoms. The number of anilines is 1. The summed E-state index contributed by atoms with van der Waals surface area (Å²) in [7, 11) is 0. The molecule has 7 nitrogen and oxygen atoms in total. The van der Waals surface area contributed by atoms with Crippen LogP contribution in [0, 0.1) is 0 Å². The zero-order valence-corrected chi connectivity index (χ0v) is 12.7. The smallest absolute Gasteiger partial charge is 0.409 e. The van der Waals surface area contributed by atoms with Crippen LogP contribution in [0.5, 0.6) is 0 Å². The summed E-state index contributed by atoms with van der Waals surface area (Å²) in [6.07, 6.45) is 1.62. The number of hydrogen-bond acceptors (Lipinski definition) is 7. The van der Waals surface area contributed by atoms with E-state index in [1.54, 1.807) is 4.90 Å². The van der Waals surface area contributed by atoms with Crippen LogP contribution >= 0.6 is 11.3 Å². The van der Waals surface area contributed by atoms with Crippen molar-refractivity contribution in [1.82, 2.24) is 20.4 Å². The molecule has 0 aliphatic carbocycles. The van der Waals surface area contributed by atoms with Gasteiger partial charge in [0.25, 0.3) is 0 Å². The normalized spacial score (nSPS) is 18.0. The fourth-order valence-electron chi connectivity index (χ4n) is 2.29. The van der Waals surface area contributed by atoms with Crippen LogP contribution in [0.4, 0.5) is 9.93 Å². The summed E-state index contributed by atoms with van der Waals surface area (Å²) in [5.41, 5.74) is 5.59. The Labute approximate surface area is 122 Å². The number of nitrogens with two attached hydrogens (primary N) is 1. The number of likely N-dealkylation sites (tertiary alicyclic amines) is 1. The van der Waals surface area contributed by atoms with E-state index in [1.165, 1.54) is 11.3 Å². The number of hydrogen-bond donors (Lipinski definition) is 2. The van der Waals surface area contributed by atoms with E-state index in [4.69, 9.17) is 10.5 Å². The molecule has 1 aliphatic rings. The molecule has 0 aromatic carbocycles. The number of nitrogen functional groups attached to an aromatic ring is 1. The van der Waals surface area contributed by atoms with E-state index in [2.05, 4.69) is 22.4 Å². The van der Waals surface area contributed by atoms with Crippen LogP contribution in [0.1, 0.15) is 37.7 Å². The highest BCUT2D eigenvalue weighted by Crippen LogP contribution is 2.21. The molecule has 1 aromatic rings. The third-order valence-corrected chi connectivity index (χ3v) is 4.27. The number of piperidine rings is 1. The Morgan fingerprint density at radius 1 is 1.55 bits per heavy atom. The molecule has 112 valence electrons. The number of aromatic nitrogens is 2. The van der Waals surface area contributed by atoms with Crippen LogP contribution in [0.2, 0.25) is 0 Å². The lowest BCUT2D eigenvalue weighted by molar-refractivity contribution is 0.0943. The standard InChI is InChI=1S/C12H21N5O2S/c1-3-19-12(18)17-6-4-9(5-7-17)14-8(2)10-15-16-11(13)20-10/h8-9,14H,3-7H2,1-2H3,(H2,13,16). The minimum absolute atomic E-state index is 0.129. The molecular formula is C12H21N5O2S. The van der Waals surface area contributed by atoms with E-state index in [0.29, 0.717) is 17.8 Å². The Morgan fingerprint density at radius 2 is 2.25 bits per heavy atom. The second-order valence-electron chi connectivity index (χ2n) is 4.83. The monoisotopic (exact) mass is 299 g/mol. The Kier molecular flexibility index (Phi) is 5.13. The van der Waals surface area contributed by atoms with Gasteiger partial charge in [0.05, 0.1) is 12.6 Å². The summed E-state index contributed by atoms with van der Waals surface area (Å²) in [6, 6.07) is 0.504. The third kappa shape index (κ3) is 3.80. The predicted octanol–water partition coefficient (Wildman–Crippen LogP) is 1.39. The van der Waals surface area contributed by atoms with Crippen molar-refractivity contribution in [2.24, 2.45) is 0 Å². The number of ether oxygens (including phenoxy) is 1. The molecule has 0 bridgehead atoms. The molecule has 8 heteroatoms. The van der Waals surface area contributed by atoms with Gasteiger partial charge in [-0.25, -0.2) is 4.79 Å². The maximum atomic E-state index is 11.6. The van der Waals surface area contributed by atoms with Crippen molar-refractivity contribution in [3.63, 3.8) is 0 Å². The van der Waals surface area contributed by atoms with Crippen LogP contribution in [0.25, 0.3) is 0 Å². The van der Waals surface area contributed by atoms with Crippen molar-refractivity contribution in [3.05, 3.63) is 5.01 Å². The molecule has 2 heterocycles. The van der Waals surface area contributed by atoms with E-state index >= 15 is 0 Å². The average Bonchev–Trinajstić information content (AvgIpc) is 2.86. The van der Waals surface area contributed by atoms with Crippen molar-refractivity contribution in [2.75, 3.05) is 25.4 Å². The van der Waals surface area contributed by atoms with Gasteiger partial charge in [0, 0.05) is 19.1 Å². The number of rotatable bonds is 4. The van der Waals surface area contributed by atoms with Gasteiger partial charge < -0.3 is 20.7 Å². The van der Waals surface area contributed by atoms with E-state index in [-0.39, 0.29) is 12.1 Å². The maximum absolute atomic E-state index is 11.6. The molecule has 3 N–H and O–H groups in total. The van der Waals surface area contributed by atoms with Crippen molar-refractivity contribution in [3.8, 4) is 0 Å². The first-order valence-electron chi connectivity index (χ1n) is 6.86. The molecule has 1 atom stereocenters. The predicted molar refractivity (Wildman–Crippen MR) is 77.5 cm³/mol. The minimum atomic E-state index is -0.212. The van der Waals surface area contributed by atoms with E-state index in [9.17, 15) is 4.79 Å². The number of amides is 1. The highest BCUT2D eigenvalue weighted by Gasteiger charge is 2.25. The molecule has 0 saturated carbocycles. The molecular weight excluding hydrogens is 278 g/mol. The quantitative estimate of drug-likeness (QED) is 0.872. The van der Waals surface area contributed by atoms with Gasteiger partial charge in [-0.3, -0.25) is 0 Å². The van der Waals surface area contributed by atoms with Crippen LogP contribution < -0.4 is 11.1 Å². The largest absolute Gasteiger partial charge is 0.450 e. The first kappa shape index (κ1) is 15.0. The number of nitrogens with one attached hydrogen (secondary N) is 1. The fourth-order valence-corrected chi connectivity index (χ4v) is 2.91. The number of carbonyl (C=O) groups excluding carboxylic acids is 1. The lowest BCUT2D eigenvalue weighted by Gasteiger charge is -2.32. The zero-order valence-electron chi connectivity index (χ0n) is 11.8. The number of nitrogens with zero attached hydrogens (tertiary/aromatic N) is 3. The zero-order chi connectivity index (χ0) is 14.5. The lowest BCUT2D eigenvalue weighted by Crippen LogP contribution is -2.45. The fraction of sp³-hybridized carbons (Fsp3) is 0.750. The molecule has 1 aliphatic heterocycles. The topological polar surface area (TPSA) is 93.4 Å². The van der Waals surface area contributed by atoms with Crippen LogP contribution in [0.3, 0.4) is 0 Å². The van der Waals surface area contributed by atoms with Gasteiger partial charge in [0.15, 0.2) is 0 Å². The second kappa shape index (κ2) is 6.85. The van der Waals surface area contributed by atoms with E-state index < -0.39 is 0 Å². The highest BCUT2D eigenvalue weighted by molar-refractivity contribution is 7.15. The first-order chi connectivity index (χ1) is 9.60. The van der Waals surface area contributed by atoms with E-state index in [0.717, 1.165) is 30.9 Å². The van der Waals surface area contributed by atoms with Gasteiger partial charge in [0.1, 0.15) is 5.01 Å². The molecule has 1 amide bonds. The molecule has 0 spiro atoms. The average molecular weight is 299 g/mol. The summed E-state index contributed by atoms with van der Waals surface area (Å²) in [4.78, 5) is 13.4. The summed E-state index contributed by atoms with van der Waals surface area (Å²) in [6.45, 7) is 5.74. The van der Waals surface area contributed by atoms with Crippen molar-refractivity contribution in [1.29, 1.82) is 0 Å². The van der Waals surface area contributed by atoms with Crippen molar-refractivity contribution < 1.29 is 9.53 Å². The van der Waals surface area contributed by atoms with Gasteiger partial charge in [-0.15, -0.1) is 10.2 Å². The van der Waals surface area contributed by atoms with Gasteiger partial charge in [-0.1, -0.05) is 11.3 Å². The third-order valence-electron chi connectivity index (χ3n) is 3.33. The maximum Gasteiger partial charge on any atom is 0.409 e. The first-order valence-corrected chi connectivity index (χ1v) is 7.68. The van der Waals surface area contributed by atoms with Crippen molar-refractivity contribution in [2.45, 2.75) is 38.8 Å². The lowest BCUT2D eigenvalue weighted by atomic mass is 10.0. The van der Waals surface area contributed by atoms with Crippen LogP contribution in [0.15, 0.2) is 0 Å². The minimum Gasteiger partial charge on any atom is -0.450 e. The Hall–Kier alpha value is -1.41. The molecule has 0 radical (unpaired) electrons. The van der Waals surface area contributed by atoms with Crippen LogP contribution in [-0.2, 0) is 4.74 Å². The Balaban J connectivity index is 1.78. The summed E-state index contributed by atoms with van der Waals surface area (Å²) in [5, 5.41) is 12.8. The van der Waals surface area contributed by atoms with Crippen LogP contribution in [-0.4, -0.2) is 46.9 Å². The van der Waals surface area contributed by atoms with Crippen molar-refractivity contribution >= 4 is 22.6 Å². The summed E-state index contributed by atoms with van der Waals surface area (Å²) < 4.78 is 5.01. The molecule has 1 unspecified atom stereocenters. The molecule has 2 rings (SSSR count). The SMILES string of the molecule is CCOC(=O)N1CCC(NC(C)c2nnc(N)s2)CC1. The van der Waals surface area contributed by atoms with Gasteiger partial charge in [0.2, 0.25) is 5.13 Å². The molecule has 1 fully saturated rings. The van der Waals surface area contributed by atoms with Gasteiger partial charge in [-0.2, -0.15) is 0 Å². The Bertz CT molecular complexity index is 445. The summed E-state index contributed by atoms with van der Waals surface area (Å²) in [5.74, 6) is 0. The molecule has 1 saturated heterocycles. The second-order valence-corrected chi connectivity index (χ2v) is 5.87. The van der Waals surface area contributed by atoms with E-state index in [1.807, 2.05) is 6.92 Å². The summed E-state index contributed by atoms with van der Waals surface area (Å²) >= 11 is 1.40. The van der Waals surface area contributed by atoms with Gasteiger partial charge in [-0.05, 0) is 26.7 Å². The molecule has 1 aromatic heterocycles. The Morgan fingerprint density at radius 3 is 2.80 bits per heavy atom.